The Kier molecular flexibility index (Phi) is 5.67. The van der Waals surface area contributed by atoms with Crippen molar-refractivity contribution in [1.29, 1.82) is 0 Å². The Morgan fingerprint density at radius 2 is 2.19 bits per heavy atom. The van der Waals surface area contributed by atoms with Crippen LogP contribution < -0.4 is 0 Å². The number of rotatable bonds is 6. The molecular weight excluding hydrogens is 224 g/mol. The minimum Gasteiger partial charge on any atom is -0.460 e. The predicted octanol–water partition coefficient (Wildman–Crippen LogP) is 1.87. The fourth-order valence-electron chi connectivity index (χ4n) is 0.995. The number of ether oxygens (including phenoxy) is 1. The Labute approximate surface area is 99.1 Å². The molecule has 1 unspecified atom stereocenters. The lowest BCUT2D eigenvalue weighted by atomic mass is 10.4. The maximum absolute atomic E-state index is 10.7. The third kappa shape index (κ3) is 5.00. The SMILES string of the molecule is C=CC(=O)OCC(O)CSc1ccccc1. The summed E-state index contributed by atoms with van der Waals surface area (Å²) in [6.07, 6.45) is 0.422. The van der Waals surface area contributed by atoms with E-state index in [1.807, 2.05) is 30.3 Å². The van der Waals surface area contributed by atoms with E-state index in [2.05, 4.69) is 6.58 Å². The van der Waals surface area contributed by atoms with Crippen LogP contribution in [-0.4, -0.2) is 29.5 Å². The second-order valence-electron chi connectivity index (χ2n) is 3.11. The molecule has 0 amide bonds. The van der Waals surface area contributed by atoms with Crippen molar-refractivity contribution in [3.63, 3.8) is 0 Å². The second kappa shape index (κ2) is 7.09. The summed E-state index contributed by atoms with van der Waals surface area (Å²) in [5.74, 6) is -0.0159. The van der Waals surface area contributed by atoms with Crippen molar-refractivity contribution in [2.45, 2.75) is 11.0 Å². The molecule has 86 valence electrons. The second-order valence-corrected chi connectivity index (χ2v) is 4.21. The van der Waals surface area contributed by atoms with Crippen LogP contribution in [0.2, 0.25) is 0 Å². The predicted molar refractivity (Wildman–Crippen MR) is 64.3 cm³/mol. The Hall–Kier alpha value is -1.26. The van der Waals surface area contributed by atoms with Gasteiger partial charge in [0.05, 0.1) is 6.10 Å². The highest BCUT2D eigenvalue weighted by atomic mass is 32.2. The molecular formula is C12H14O3S. The molecule has 0 aliphatic rings. The zero-order valence-electron chi connectivity index (χ0n) is 8.83. The molecule has 0 saturated carbocycles. The van der Waals surface area contributed by atoms with Crippen LogP contribution >= 0.6 is 11.8 Å². The van der Waals surface area contributed by atoms with Gasteiger partial charge in [0.25, 0.3) is 0 Å². The minimum atomic E-state index is -0.658. The number of carbonyl (C=O) groups is 1. The molecule has 0 heterocycles. The van der Waals surface area contributed by atoms with Gasteiger partial charge in [0.1, 0.15) is 6.61 Å². The quantitative estimate of drug-likeness (QED) is 0.467. The third-order valence-electron chi connectivity index (χ3n) is 1.77. The van der Waals surface area contributed by atoms with Gasteiger partial charge in [-0.2, -0.15) is 0 Å². The minimum absolute atomic E-state index is 0.00465. The molecule has 1 rings (SSSR count). The van der Waals surface area contributed by atoms with Crippen molar-refractivity contribution in [3.05, 3.63) is 43.0 Å². The van der Waals surface area contributed by atoms with E-state index in [4.69, 9.17) is 4.74 Å². The molecule has 1 aromatic carbocycles. The number of hydrogen-bond acceptors (Lipinski definition) is 4. The van der Waals surface area contributed by atoms with E-state index in [1.165, 1.54) is 11.8 Å². The van der Waals surface area contributed by atoms with Crippen LogP contribution in [0.25, 0.3) is 0 Å². The molecule has 16 heavy (non-hydrogen) atoms. The van der Waals surface area contributed by atoms with Crippen molar-refractivity contribution in [3.8, 4) is 0 Å². The number of aliphatic hydroxyl groups is 1. The average Bonchev–Trinajstić information content (AvgIpc) is 2.34. The van der Waals surface area contributed by atoms with Gasteiger partial charge < -0.3 is 9.84 Å². The molecule has 0 fully saturated rings. The Morgan fingerprint density at radius 3 is 2.81 bits per heavy atom. The van der Waals surface area contributed by atoms with E-state index < -0.39 is 12.1 Å². The van der Waals surface area contributed by atoms with E-state index >= 15 is 0 Å². The van der Waals surface area contributed by atoms with Gasteiger partial charge in [-0.15, -0.1) is 11.8 Å². The molecule has 1 N–H and O–H groups in total. The van der Waals surface area contributed by atoms with Crippen molar-refractivity contribution in [1.82, 2.24) is 0 Å². The number of aliphatic hydroxyl groups excluding tert-OH is 1. The molecule has 0 bridgehead atoms. The molecule has 0 spiro atoms. The summed E-state index contributed by atoms with van der Waals surface area (Å²) in [7, 11) is 0. The van der Waals surface area contributed by atoms with Gasteiger partial charge in [-0.05, 0) is 12.1 Å². The highest BCUT2D eigenvalue weighted by Crippen LogP contribution is 2.17. The molecule has 0 aliphatic carbocycles. The highest BCUT2D eigenvalue weighted by Gasteiger charge is 2.07. The van der Waals surface area contributed by atoms with Gasteiger partial charge >= 0.3 is 5.97 Å². The zero-order chi connectivity index (χ0) is 11.8. The first-order valence-corrected chi connectivity index (χ1v) is 5.86. The third-order valence-corrected chi connectivity index (χ3v) is 2.93. The summed E-state index contributed by atoms with van der Waals surface area (Å²) in [4.78, 5) is 11.8. The summed E-state index contributed by atoms with van der Waals surface area (Å²) >= 11 is 1.52. The Balaban J connectivity index is 2.22. The van der Waals surface area contributed by atoms with Crippen LogP contribution in [-0.2, 0) is 9.53 Å². The van der Waals surface area contributed by atoms with E-state index in [0.29, 0.717) is 5.75 Å². The van der Waals surface area contributed by atoms with Crippen LogP contribution in [0, 0.1) is 0 Å². The highest BCUT2D eigenvalue weighted by molar-refractivity contribution is 7.99. The van der Waals surface area contributed by atoms with E-state index in [0.717, 1.165) is 11.0 Å². The lowest BCUT2D eigenvalue weighted by Gasteiger charge is -2.09. The van der Waals surface area contributed by atoms with E-state index in [1.54, 1.807) is 0 Å². The van der Waals surface area contributed by atoms with Crippen LogP contribution in [0.3, 0.4) is 0 Å². The number of hydrogen-bond donors (Lipinski definition) is 1. The van der Waals surface area contributed by atoms with Crippen molar-refractivity contribution in [2.75, 3.05) is 12.4 Å². The first kappa shape index (κ1) is 12.8. The zero-order valence-corrected chi connectivity index (χ0v) is 9.65. The first-order valence-electron chi connectivity index (χ1n) is 4.87. The van der Waals surface area contributed by atoms with Crippen molar-refractivity contribution >= 4 is 17.7 Å². The molecule has 1 aromatic rings. The molecule has 0 radical (unpaired) electrons. The summed E-state index contributed by atoms with van der Waals surface area (Å²) < 4.78 is 4.72. The Bertz CT molecular complexity index is 337. The molecule has 0 aliphatic heterocycles. The number of benzene rings is 1. The molecule has 3 nitrogen and oxygen atoms in total. The summed E-state index contributed by atoms with van der Waals surface area (Å²) in [6.45, 7) is 3.28. The van der Waals surface area contributed by atoms with Gasteiger partial charge in [-0.1, -0.05) is 24.8 Å². The van der Waals surface area contributed by atoms with Gasteiger partial charge in [0.15, 0.2) is 0 Å². The lowest BCUT2D eigenvalue weighted by molar-refractivity contribution is -0.140. The molecule has 4 heteroatoms. The smallest absolute Gasteiger partial charge is 0.330 e. The van der Waals surface area contributed by atoms with Gasteiger partial charge in [-0.25, -0.2) is 4.79 Å². The largest absolute Gasteiger partial charge is 0.460 e. The number of esters is 1. The summed E-state index contributed by atoms with van der Waals surface area (Å²) in [6, 6.07) is 9.74. The maximum atomic E-state index is 10.7. The lowest BCUT2D eigenvalue weighted by Crippen LogP contribution is -2.19. The van der Waals surface area contributed by atoms with Gasteiger partial charge in [0, 0.05) is 16.7 Å². The van der Waals surface area contributed by atoms with Gasteiger partial charge in [-0.3, -0.25) is 0 Å². The van der Waals surface area contributed by atoms with Crippen LogP contribution in [0.15, 0.2) is 47.9 Å². The Morgan fingerprint density at radius 1 is 1.50 bits per heavy atom. The van der Waals surface area contributed by atoms with Crippen molar-refractivity contribution in [2.24, 2.45) is 0 Å². The van der Waals surface area contributed by atoms with Crippen molar-refractivity contribution < 1.29 is 14.6 Å². The van der Waals surface area contributed by atoms with Crippen LogP contribution in [0.4, 0.5) is 0 Å². The first-order chi connectivity index (χ1) is 7.72. The van der Waals surface area contributed by atoms with E-state index in [9.17, 15) is 9.90 Å². The van der Waals surface area contributed by atoms with Crippen LogP contribution in [0.1, 0.15) is 0 Å². The number of carbonyl (C=O) groups excluding carboxylic acids is 1. The standard InChI is InChI=1S/C12H14O3S/c1-2-12(14)15-8-10(13)9-16-11-6-4-3-5-7-11/h2-7,10,13H,1,8-9H2. The van der Waals surface area contributed by atoms with Crippen LogP contribution in [0.5, 0.6) is 0 Å². The summed E-state index contributed by atoms with van der Waals surface area (Å²) in [5, 5.41) is 9.52. The molecule has 0 saturated heterocycles. The molecule has 0 aromatic heterocycles. The van der Waals surface area contributed by atoms with Gasteiger partial charge in [0.2, 0.25) is 0 Å². The summed E-state index contributed by atoms with van der Waals surface area (Å²) in [5.41, 5.74) is 0. The molecule has 1 atom stereocenters. The average molecular weight is 238 g/mol. The van der Waals surface area contributed by atoms with E-state index in [-0.39, 0.29) is 6.61 Å². The fourth-order valence-corrected chi connectivity index (χ4v) is 1.83. The maximum Gasteiger partial charge on any atom is 0.330 e. The fraction of sp³-hybridized carbons (Fsp3) is 0.250. The topological polar surface area (TPSA) is 46.5 Å². The normalized spacial score (nSPS) is 11.8. The number of thioether (sulfide) groups is 1. The monoisotopic (exact) mass is 238 g/mol.